The lowest BCUT2D eigenvalue weighted by Crippen LogP contribution is -2.13. The molecule has 0 aliphatic carbocycles. The highest BCUT2D eigenvalue weighted by Gasteiger charge is 2.22. The molecule has 6 heteroatoms. The summed E-state index contributed by atoms with van der Waals surface area (Å²) in [5.41, 5.74) is 1.12. The van der Waals surface area contributed by atoms with E-state index in [-0.39, 0.29) is 5.41 Å². The van der Waals surface area contributed by atoms with Gasteiger partial charge in [-0.25, -0.2) is 8.42 Å². The van der Waals surface area contributed by atoms with Crippen molar-refractivity contribution in [1.82, 2.24) is 4.98 Å². The normalized spacial score (nSPS) is 12.4. The van der Waals surface area contributed by atoms with Gasteiger partial charge in [-0.2, -0.15) is 0 Å². The Labute approximate surface area is 123 Å². The first-order chi connectivity index (χ1) is 9.20. The van der Waals surface area contributed by atoms with Crippen LogP contribution < -0.4 is 4.72 Å². The van der Waals surface area contributed by atoms with Gasteiger partial charge in [-0.05, 0) is 36.6 Å². The van der Waals surface area contributed by atoms with Gasteiger partial charge in [-0.3, -0.25) is 9.71 Å². The minimum atomic E-state index is -3.55. The zero-order valence-corrected chi connectivity index (χ0v) is 13.6. The number of nitrogens with one attached hydrogen (secondary N) is 1. The number of pyridine rings is 1. The highest BCUT2D eigenvalue weighted by molar-refractivity contribution is 7.94. The fourth-order valence-electron chi connectivity index (χ4n) is 1.65. The van der Waals surface area contributed by atoms with Gasteiger partial charge in [0.1, 0.15) is 4.21 Å². The highest BCUT2D eigenvalue weighted by Crippen LogP contribution is 2.32. The van der Waals surface area contributed by atoms with Crippen LogP contribution >= 0.6 is 11.3 Å². The van der Waals surface area contributed by atoms with Gasteiger partial charge in [0.15, 0.2) is 0 Å². The van der Waals surface area contributed by atoms with Crippen molar-refractivity contribution in [3.63, 3.8) is 0 Å². The molecule has 2 rings (SSSR count). The molecular weight excluding hydrogens is 292 g/mol. The van der Waals surface area contributed by atoms with E-state index in [1.807, 2.05) is 6.07 Å². The molecule has 0 unspecified atom stereocenters. The van der Waals surface area contributed by atoms with Crippen molar-refractivity contribution in [3.05, 3.63) is 41.0 Å². The van der Waals surface area contributed by atoms with Crippen molar-refractivity contribution in [3.8, 4) is 0 Å². The van der Waals surface area contributed by atoms with Crippen molar-refractivity contribution in [2.45, 2.75) is 37.3 Å². The average molecular weight is 310 g/mol. The van der Waals surface area contributed by atoms with Gasteiger partial charge in [-0.15, -0.1) is 11.3 Å². The van der Waals surface area contributed by atoms with Crippen LogP contribution in [-0.4, -0.2) is 13.4 Å². The Balaban J connectivity index is 2.32. The highest BCUT2D eigenvalue weighted by atomic mass is 32.2. The molecule has 0 saturated heterocycles. The minimum absolute atomic E-state index is 0.0529. The van der Waals surface area contributed by atoms with Crippen molar-refractivity contribution in [2.24, 2.45) is 0 Å². The second kappa shape index (κ2) is 5.18. The Morgan fingerprint density at radius 2 is 1.90 bits per heavy atom. The third kappa shape index (κ3) is 3.19. The molecule has 0 aromatic carbocycles. The third-order valence-corrected chi connectivity index (χ3v) is 6.20. The molecule has 0 aliphatic rings. The number of anilines is 1. The van der Waals surface area contributed by atoms with Crippen LogP contribution in [-0.2, 0) is 15.4 Å². The maximum absolute atomic E-state index is 12.4. The molecule has 0 fully saturated rings. The van der Waals surface area contributed by atoms with Crippen molar-refractivity contribution in [1.29, 1.82) is 0 Å². The number of rotatable bonds is 3. The first-order valence-corrected chi connectivity index (χ1v) is 8.55. The lowest BCUT2D eigenvalue weighted by atomic mass is 9.95. The molecular formula is C14H18N2O2S2. The smallest absolute Gasteiger partial charge is 0.271 e. The minimum Gasteiger partial charge on any atom is -0.277 e. The van der Waals surface area contributed by atoms with E-state index in [0.717, 1.165) is 4.88 Å². The molecule has 2 aromatic rings. The Morgan fingerprint density at radius 3 is 2.45 bits per heavy atom. The number of sulfonamides is 1. The van der Waals surface area contributed by atoms with Gasteiger partial charge in [0, 0.05) is 11.1 Å². The first kappa shape index (κ1) is 15.0. The molecule has 4 nitrogen and oxygen atoms in total. The SMILES string of the molecule is Cc1ncccc1NS(=O)(=O)c1ccc(C(C)(C)C)s1. The summed E-state index contributed by atoms with van der Waals surface area (Å²) < 4.78 is 27.6. The molecule has 0 bridgehead atoms. The lowest BCUT2D eigenvalue weighted by Gasteiger charge is -2.15. The van der Waals surface area contributed by atoms with Gasteiger partial charge in [0.2, 0.25) is 0 Å². The molecule has 0 spiro atoms. The fourth-order valence-corrected chi connectivity index (χ4v) is 4.14. The summed E-state index contributed by atoms with van der Waals surface area (Å²) in [6, 6.07) is 6.94. The van der Waals surface area contributed by atoms with E-state index >= 15 is 0 Å². The van der Waals surface area contributed by atoms with Crippen LogP contribution in [0.3, 0.4) is 0 Å². The summed E-state index contributed by atoms with van der Waals surface area (Å²) in [4.78, 5) is 5.12. The number of nitrogens with zero attached hydrogens (tertiary/aromatic N) is 1. The Kier molecular flexibility index (Phi) is 3.88. The summed E-state index contributed by atoms with van der Waals surface area (Å²) in [6.07, 6.45) is 1.63. The van der Waals surface area contributed by atoms with Crippen LogP contribution in [0.2, 0.25) is 0 Å². The summed E-state index contributed by atoms with van der Waals surface area (Å²) in [5.74, 6) is 0. The quantitative estimate of drug-likeness (QED) is 0.943. The Hall–Kier alpha value is -1.40. The van der Waals surface area contributed by atoms with E-state index in [0.29, 0.717) is 15.6 Å². The Morgan fingerprint density at radius 1 is 1.20 bits per heavy atom. The fraction of sp³-hybridized carbons (Fsp3) is 0.357. The number of thiophene rings is 1. The molecule has 2 aromatic heterocycles. The van der Waals surface area contributed by atoms with Gasteiger partial charge in [0.05, 0.1) is 11.4 Å². The number of aromatic nitrogens is 1. The first-order valence-electron chi connectivity index (χ1n) is 6.25. The molecule has 1 N–H and O–H groups in total. The number of hydrogen-bond acceptors (Lipinski definition) is 4. The van der Waals surface area contributed by atoms with Crippen LogP contribution in [0.25, 0.3) is 0 Å². The molecule has 0 radical (unpaired) electrons. The zero-order valence-electron chi connectivity index (χ0n) is 12.0. The van der Waals surface area contributed by atoms with Crippen LogP contribution in [0.4, 0.5) is 5.69 Å². The van der Waals surface area contributed by atoms with Gasteiger partial charge in [-0.1, -0.05) is 20.8 Å². The standard InChI is InChI=1S/C14H18N2O2S2/c1-10-11(6-5-9-15-10)16-20(17,18)13-8-7-12(19-13)14(2,3)4/h5-9,16H,1-4H3. The van der Waals surface area contributed by atoms with Crippen LogP contribution in [0.15, 0.2) is 34.7 Å². The number of hydrogen-bond donors (Lipinski definition) is 1. The topological polar surface area (TPSA) is 59.1 Å². The molecule has 0 saturated carbocycles. The van der Waals surface area contributed by atoms with Gasteiger partial charge < -0.3 is 0 Å². The largest absolute Gasteiger partial charge is 0.277 e. The van der Waals surface area contributed by atoms with E-state index in [9.17, 15) is 8.42 Å². The Bertz CT molecular complexity index is 713. The lowest BCUT2D eigenvalue weighted by molar-refractivity contribution is 0.603. The van der Waals surface area contributed by atoms with E-state index < -0.39 is 10.0 Å². The maximum atomic E-state index is 12.4. The summed E-state index contributed by atoms with van der Waals surface area (Å²) in [7, 11) is -3.55. The third-order valence-electron chi connectivity index (χ3n) is 2.84. The number of aryl methyl sites for hydroxylation is 1. The molecule has 108 valence electrons. The van der Waals surface area contributed by atoms with Crippen molar-refractivity contribution < 1.29 is 8.42 Å². The van der Waals surface area contributed by atoms with E-state index in [1.165, 1.54) is 11.3 Å². The summed E-state index contributed by atoms with van der Waals surface area (Å²) in [6.45, 7) is 7.96. The maximum Gasteiger partial charge on any atom is 0.271 e. The predicted molar refractivity (Wildman–Crippen MR) is 82.8 cm³/mol. The zero-order chi connectivity index (χ0) is 15.0. The second-order valence-electron chi connectivity index (χ2n) is 5.61. The molecule has 0 atom stereocenters. The predicted octanol–water partition coefficient (Wildman–Crippen LogP) is 3.55. The molecule has 0 amide bonds. The van der Waals surface area contributed by atoms with Gasteiger partial charge >= 0.3 is 0 Å². The molecule has 20 heavy (non-hydrogen) atoms. The van der Waals surface area contributed by atoms with Gasteiger partial charge in [0.25, 0.3) is 10.0 Å². The van der Waals surface area contributed by atoms with Crippen LogP contribution in [0, 0.1) is 6.92 Å². The average Bonchev–Trinajstić information content (AvgIpc) is 2.81. The van der Waals surface area contributed by atoms with Crippen molar-refractivity contribution >= 4 is 27.0 Å². The van der Waals surface area contributed by atoms with E-state index in [4.69, 9.17) is 0 Å². The molecule has 0 aliphatic heterocycles. The monoisotopic (exact) mass is 310 g/mol. The molecule has 2 heterocycles. The van der Waals surface area contributed by atoms with E-state index in [1.54, 1.807) is 31.3 Å². The van der Waals surface area contributed by atoms with Crippen LogP contribution in [0.5, 0.6) is 0 Å². The van der Waals surface area contributed by atoms with Crippen molar-refractivity contribution in [2.75, 3.05) is 4.72 Å². The summed E-state index contributed by atoms with van der Waals surface area (Å²) >= 11 is 1.30. The van der Waals surface area contributed by atoms with E-state index in [2.05, 4.69) is 30.5 Å². The van der Waals surface area contributed by atoms with Crippen LogP contribution in [0.1, 0.15) is 31.3 Å². The second-order valence-corrected chi connectivity index (χ2v) is 8.60. The summed E-state index contributed by atoms with van der Waals surface area (Å²) in [5, 5.41) is 0.